The number of hydrogen-bond acceptors (Lipinski definition) is 4. The van der Waals surface area contributed by atoms with Gasteiger partial charge in [0, 0.05) is 13.1 Å². The highest BCUT2D eigenvalue weighted by Gasteiger charge is 2.28. The molecule has 0 N–H and O–H groups in total. The molecule has 1 aromatic heterocycles. The van der Waals surface area contributed by atoms with E-state index < -0.39 is 0 Å². The first-order valence-electron chi connectivity index (χ1n) is 9.56. The Hall–Kier alpha value is -3.02. The van der Waals surface area contributed by atoms with Crippen molar-refractivity contribution >= 4 is 5.91 Å². The second kappa shape index (κ2) is 8.33. The zero-order valence-corrected chi connectivity index (χ0v) is 15.6. The Labute approximate surface area is 163 Å². The normalized spacial score (nSPS) is 16.9. The van der Waals surface area contributed by atoms with Gasteiger partial charge >= 0.3 is 0 Å². The van der Waals surface area contributed by atoms with E-state index in [0.717, 1.165) is 30.5 Å². The summed E-state index contributed by atoms with van der Waals surface area (Å²) in [6.07, 6.45) is 2.72. The maximum atomic E-state index is 13.0. The number of halogens is 1. The van der Waals surface area contributed by atoms with E-state index in [9.17, 15) is 9.18 Å². The summed E-state index contributed by atoms with van der Waals surface area (Å²) in [6.45, 7) is 1.36. The number of likely N-dealkylation sites (tertiary alicyclic amines) is 1. The summed E-state index contributed by atoms with van der Waals surface area (Å²) < 4.78 is 18.9. The van der Waals surface area contributed by atoms with E-state index in [1.54, 1.807) is 12.1 Å². The number of benzene rings is 2. The fraction of sp³-hybridized carbons (Fsp3) is 0.318. The highest BCUT2D eigenvalue weighted by atomic mass is 19.1. The molecule has 1 fully saturated rings. The fourth-order valence-electron chi connectivity index (χ4n) is 3.57. The van der Waals surface area contributed by atoms with Gasteiger partial charge in [0.2, 0.25) is 17.7 Å². The van der Waals surface area contributed by atoms with Crippen LogP contribution in [-0.4, -0.2) is 34.1 Å². The number of nitrogens with zero attached hydrogens (tertiary/aromatic N) is 3. The van der Waals surface area contributed by atoms with E-state index in [1.165, 1.54) is 12.1 Å². The molecular formula is C22H22FN3O2. The maximum absolute atomic E-state index is 13.0. The predicted octanol–water partition coefficient (Wildman–Crippen LogP) is 3.75. The van der Waals surface area contributed by atoms with Crippen LogP contribution in [0.15, 0.2) is 59.0 Å². The lowest BCUT2D eigenvalue weighted by Crippen LogP contribution is -2.40. The van der Waals surface area contributed by atoms with Crippen LogP contribution in [0.4, 0.5) is 4.39 Å². The van der Waals surface area contributed by atoms with Crippen molar-refractivity contribution in [2.75, 3.05) is 13.1 Å². The van der Waals surface area contributed by atoms with Crippen LogP contribution in [-0.2, 0) is 17.6 Å². The van der Waals surface area contributed by atoms with Crippen LogP contribution in [0.2, 0.25) is 0 Å². The van der Waals surface area contributed by atoms with Gasteiger partial charge in [0.05, 0.1) is 18.8 Å². The summed E-state index contributed by atoms with van der Waals surface area (Å²) in [7, 11) is 0. The zero-order valence-electron chi connectivity index (χ0n) is 15.6. The standard InChI is InChI=1S/C22H22FN3O2/c23-19-10-8-17(9-11-19)13-20-24-25-22(28-20)18-7-4-12-26(15-18)21(27)14-16-5-2-1-3-6-16/h1-3,5-6,8-11,18H,4,7,12-15H2/t18-/m0/s1. The molecule has 0 aliphatic carbocycles. The number of carbonyl (C=O) groups excluding carboxylic acids is 1. The van der Waals surface area contributed by atoms with Gasteiger partial charge in [-0.3, -0.25) is 4.79 Å². The summed E-state index contributed by atoms with van der Waals surface area (Å²) in [4.78, 5) is 14.5. The van der Waals surface area contributed by atoms with Crippen LogP contribution in [0.5, 0.6) is 0 Å². The number of amides is 1. The number of carbonyl (C=O) groups is 1. The molecule has 2 heterocycles. The third-order valence-electron chi connectivity index (χ3n) is 5.07. The van der Waals surface area contributed by atoms with Crippen LogP contribution >= 0.6 is 0 Å². The van der Waals surface area contributed by atoms with Gasteiger partial charge in [-0.1, -0.05) is 42.5 Å². The Morgan fingerprint density at radius 2 is 1.86 bits per heavy atom. The number of aromatic nitrogens is 2. The molecule has 6 heteroatoms. The molecule has 0 unspecified atom stereocenters. The van der Waals surface area contributed by atoms with Crippen LogP contribution in [0.1, 0.15) is 41.7 Å². The van der Waals surface area contributed by atoms with Gasteiger partial charge in [-0.25, -0.2) is 4.39 Å². The first-order chi connectivity index (χ1) is 13.7. The van der Waals surface area contributed by atoms with E-state index in [4.69, 9.17) is 4.42 Å². The first-order valence-corrected chi connectivity index (χ1v) is 9.56. The van der Waals surface area contributed by atoms with Gasteiger partial charge in [-0.2, -0.15) is 0 Å². The largest absolute Gasteiger partial charge is 0.425 e. The molecule has 5 nitrogen and oxygen atoms in total. The second-order valence-electron chi connectivity index (χ2n) is 7.18. The predicted molar refractivity (Wildman–Crippen MR) is 102 cm³/mol. The summed E-state index contributed by atoms with van der Waals surface area (Å²) in [5, 5.41) is 8.34. The second-order valence-corrected chi connectivity index (χ2v) is 7.18. The molecule has 0 spiro atoms. The smallest absolute Gasteiger partial charge is 0.227 e. The Kier molecular flexibility index (Phi) is 5.46. The minimum atomic E-state index is -0.266. The Morgan fingerprint density at radius 1 is 1.07 bits per heavy atom. The molecule has 144 valence electrons. The van der Waals surface area contributed by atoms with E-state index >= 15 is 0 Å². The molecule has 1 atom stereocenters. The highest BCUT2D eigenvalue weighted by Crippen LogP contribution is 2.27. The van der Waals surface area contributed by atoms with Gasteiger partial charge < -0.3 is 9.32 Å². The third-order valence-corrected chi connectivity index (χ3v) is 5.07. The van der Waals surface area contributed by atoms with Crippen molar-refractivity contribution < 1.29 is 13.6 Å². The lowest BCUT2D eigenvalue weighted by molar-refractivity contribution is -0.131. The quantitative estimate of drug-likeness (QED) is 0.677. The molecule has 0 radical (unpaired) electrons. The number of rotatable bonds is 5. The Morgan fingerprint density at radius 3 is 2.64 bits per heavy atom. The van der Waals surface area contributed by atoms with Crippen molar-refractivity contribution in [3.8, 4) is 0 Å². The van der Waals surface area contributed by atoms with Crippen molar-refractivity contribution in [3.05, 3.63) is 83.3 Å². The Bertz CT molecular complexity index is 924. The lowest BCUT2D eigenvalue weighted by Gasteiger charge is -2.31. The topological polar surface area (TPSA) is 59.2 Å². The van der Waals surface area contributed by atoms with Gasteiger partial charge in [0.1, 0.15) is 5.82 Å². The summed E-state index contributed by atoms with van der Waals surface area (Å²) in [5.74, 6) is 1.01. The van der Waals surface area contributed by atoms with Crippen LogP contribution in [0, 0.1) is 5.82 Å². The fourth-order valence-corrected chi connectivity index (χ4v) is 3.57. The average molecular weight is 379 g/mol. The first kappa shape index (κ1) is 18.3. The zero-order chi connectivity index (χ0) is 19.3. The molecule has 1 aliphatic heterocycles. The summed E-state index contributed by atoms with van der Waals surface area (Å²) in [6, 6.07) is 16.1. The van der Waals surface area contributed by atoms with E-state index in [2.05, 4.69) is 10.2 Å². The minimum absolute atomic E-state index is 0.0583. The van der Waals surface area contributed by atoms with Crippen LogP contribution in [0.25, 0.3) is 0 Å². The lowest BCUT2D eigenvalue weighted by atomic mass is 9.97. The Balaban J connectivity index is 1.38. The third kappa shape index (κ3) is 4.44. The van der Waals surface area contributed by atoms with Gasteiger partial charge in [0.25, 0.3) is 0 Å². The molecular weight excluding hydrogens is 357 g/mol. The molecule has 0 bridgehead atoms. The van der Waals surface area contributed by atoms with Crippen molar-refractivity contribution in [2.24, 2.45) is 0 Å². The van der Waals surface area contributed by atoms with Gasteiger partial charge in [-0.05, 0) is 36.1 Å². The maximum Gasteiger partial charge on any atom is 0.227 e. The summed E-state index contributed by atoms with van der Waals surface area (Å²) in [5.41, 5.74) is 1.94. The van der Waals surface area contributed by atoms with Crippen LogP contribution in [0.3, 0.4) is 0 Å². The molecule has 2 aromatic carbocycles. The molecule has 3 aromatic rings. The molecule has 1 saturated heterocycles. The van der Waals surface area contributed by atoms with Gasteiger partial charge in [-0.15, -0.1) is 10.2 Å². The summed E-state index contributed by atoms with van der Waals surface area (Å²) >= 11 is 0. The molecule has 1 amide bonds. The molecule has 0 saturated carbocycles. The number of hydrogen-bond donors (Lipinski definition) is 0. The van der Waals surface area contributed by atoms with Gasteiger partial charge in [0.15, 0.2) is 0 Å². The van der Waals surface area contributed by atoms with Crippen LogP contribution < -0.4 is 0 Å². The monoisotopic (exact) mass is 379 g/mol. The number of piperidine rings is 1. The SMILES string of the molecule is O=C(Cc1ccccc1)N1CCC[C@H](c2nnc(Cc3ccc(F)cc3)o2)C1. The highest BCUT2D eigenvalue weighted by molar-refractivity contribution is 5.78. The van der Waals surface area contributed by atoms with Crippen molar-refractivity contribution in [2.45, 2.75) is 31.6 Å². The molecule has 1 aliphatic rings. The van der Waals surface area contributed by atoms with Crippen molar-refractivity contribution in [3.63, 3.8) is 0 Å². The average Bonchev–Trinajstić information content (AvgIpc) is 3.19. The minimum Gasteiger partial charge on any atom is -0.425 e. The molecule has 4 rings (SSSR count). The van der Waals surface area contributed by atoms with E-state index in [1.807, 2.05) is 35.2 Å². The van der Waals surface area contributed by atoms with Crippen molar-refractivity contribution in [1.82, 2.24) is 15.1 Å². The van der Waals surface area contributed by atoms with E-state index in [0.29, 0.717) is 31.2 Å². The molecule has 28 heavy (non-hydrogen) atoms. The van der Waals surface area contributed by atoms with Crippen molar-refractivity contribution in [1.29, 1.82) is 0 Å². The van der Waals surface area contributed by atoms with E-state index in [-0.39, 0.29) is 17.6 Å².